The van der Waals surface area contributed by atoms with Crippen molar-refractivity contribution in [1.82, 2.24) is 9.29 Å². The lowest BCUT2D eigenvalue weighted by Crippen LogP contribution is -2.28. The summed E-state index contributed by atoms with van der Waals surface area (Å²) in [6.45, 7) is 6.11. The fourth-order valence-electron chi connectivity index (χ4n) is 3.17. The molecular weight excluding hydrogens is 310 g/mol. The molecule has 0 aliphatic carbocycles. The normalized spacial score (nSPS) is 19.3. The van der Waals surface area contributed by atoms with E-state index >= 15 is 0 Å². The van der Waals surface area contributed by atoms with Crippen molar-refractivity contribution in [3.63, 3.8) is 0 Å². The van der Waals surface area contributed by atoms with Crippen molar-refractivity contribution in [3.05, 3.63) is 35.5 Å². The van der Waals surface area contributed by atoms with Crippen LogP contribution >= 0.6 is 0 Å². The molecular formula is C17H23N3O2S. The fourth-order valence-corrected chi connectivity index (χ4v) is 4.09. The van der Waals surface area contributed by atoms with E-state index in [1.165, 1.54) is 6.26 Å². The SMILES string of the molecule is Cc1nc2ccccc2c(NCC2CCN(S(C)(=O)=O)C2)c1C. The zero-order chi connectivity index (χ0) is 16.6. The topological polar surface area (TPSA) is 62.3 Å². The summed E-state index contributed by atoms with van der Waals surface area (Å²) in [7, 11) is -3.07. The second-order valence-corrected chi connectivity index (χ2v) is 8.35. The van der Waals surface area contributed by atoms with Crippen LogP contribution in [0.3, 0.4) is 0 Å². The van der Waals surface area contributed by atoms with Gasteiger partial charge < -0.3 is 5.32 Å². The minimum atomic E-state index is -3.07. The molecule has 1 N–H and O–H groups in total. The van der Waals surface area contributed by atoms with Crippen molar-refractivity contribution < 1.29 is 8.42 Å². The highest BCUT2D eigenvalue weighted by Crippen LogP contribution is 2.28. The standard InChI is InChI=1S/C17H23N3O2S/c1-12-13(2)19-16-7-5-4-6-15(16)17(12)18-10-14-8-9-20(11-14)23(3,21)22/h4-7,14H,8-11H2,1-3H3,(H,18,19). The third-order valence-electron chi connectivity index (χ3n) is 4.66. The van der Waals surface area contributed by atoms with Crippen molar-refractivity contribution in [2.45, 2.75) is 20.3 Å². The maximum atomic E-state index is 11.6. The molecule has 1 aromatic heterocycles. The smallest absolute Gasteiger partial charge is 0.211 e. The fraction of sp³-hybridized carbons (Fsp3) is 0.471. The molecule has 0 bridgehead atoms. The first-order valence-electron chi connectivity index (χ1n) is 7.91. The monoisotopic (exact) mass is 333 g/mol. The number of aryl methyl sites for hydroxylation is 1. The number of nitrogens with one attached hydrogen (secondary N) is 1. The van der Waals surface area contributed by atoms with Gasteiger partial charge in [-0.15, -0.1) is 0 Å². The van der Waals surface area contributed by atoms with Crippen LogP contribution in [-0.2, 0) is 10.0 Å². The average molecular weight is 333 g/mol. The number of aromatic nitrogens is 1. The molecule has 0 radical (unpaired) electrons. The largest absolute Gasteiger partial charge is 0.384 e. The van der Waals surface area contributed by atoms with Gasteiger partial charge in [-0.2, -0.15) is 0 Å². The molecule has 1 saturated heterocycles. The van der Waals surface area contributed by atoms with Gasteiger partial charge in [-0.3, -0.25) is 4.98 Å². The summed E-state index contributed by atoms with van der Waals surface area (Å²) in [4.78, 5) is 4.63. The van der Waals surface area contributed by atoms with Crippen LogP contribution in [0.25, 0.3) is 10.9 Å². The lowest BCUT2D eigenvalue weighted by atomic mass is 10.1. The molecule has 2 aromatic rings. The number of benzene rings is 1. The first-order valence-corrected chi connectivity index (χ1v) is 9.76. The molecule has 1 aromatic carbocycles. The van der Waals surface area contributed by atoms with E-state index in [1.807, 2.05) is 25.1 Å². The molecule has 0 spiro atoms. The summed E-state index contributed by atoms with van der Waals surface area (Å²) >= 11 is 0. The van der Waals surface area contributed by atoms with E-state index in [4.69, 9.17) is 0 Å². The Bertz CT molecular complexity index is 833. The molecule has 2 heterocycles. The lowest BCUT2D eigenvalue weighted by molar-refractivity contribution is 0.466. The maximum absolute atomic E-state index is 11.6. The minimum absolute atomic E-state index is 0.344. The maximum Gasteiger partial charge on any atom is 0.211 e. The third kappa shape index (κ3) is 3.33. The molecule has 1 aliphatic heterocycles. The van der Waals surface area contributed by atoms with Gasteiger partial charge in [0.25, 0.3) is 0 Å². The molecule has 1 unspecified atom stereocenters. The second-order valence-electron chi connectivity index (χ2n) is 6.37. The van der Waals surface area contributed by atoms with Crippen LogP contribution in [0.4, 0.5) is 5.69 Å². The van der Waals surface area contributed by atoms with E-state index in [9.17, 15) is 8.42 Å². The van der Waals surface area contributed by atoms with Gasteiger partial charge in [0.2, 0.25) is 10.0 Å². The molecule has 1 atom stereocenters. The van der Waals surface area contributed by atoms with E-state index in [0.717, 1.165) is 40.8 Å². The summed E-state index contributed by atoms with van der Waals surface area (Å²) in [5, 5.41) is 4.67. The van der Waals surface area contributed by atoms with Crippen LogP contribution in [0, 0.1) is 19.8 Å². The number of hydrogen-bond acceptors (Lipinski definition) is 4. The molecule has 23 heavy (non-hydrogen) atoms. The van der Waals surface area contributed by atoms with Gasteiger partial charge >= 0.3 is 0 Å². The number of fused-ring (bicyclic) bond motifs is 1. The lowest BCUT2D eigenvalue weighted by Gasteiger charge is -2.18. The van der Waals surface area contributed by atoms with Crippen molar-refractivity contribution in [2.75, 3.05) is 31.2 Å². The Morgan fingerprint density at radius 1 is 1.30 bits per heavy atom. The number of rotatable bonds is 4. The van der Waals surface area contributed by atoms with E-state index in [1.54, 1.807) is 4.31 Å². The molecule has 124 valence electrons. The van der Waals surface area contributed by atoms with Crippen molar-refractivity contribution in [2.24, 2.45) is 5.92 Å². The van der Waals surface area contributed by atoms with Gasteiger partial charge in [-0.05, 0) is 37.8 Å². The number of sulfonamides is 1. The quantitative estimate of drug-likeness (QED) is 0.934. The molecule has 3 rings (SSSR count). The third-order valence-corrected chi connectivity index (χ3v) is 5.93. The number of nitrogens with zero attached hydrogens (tertiary/aromatic N) is 2. The summed E-state index contributed by atoms with van der Waals surface area (Å²) in [6.07, 6.45) is 2.19. The minimum Gasteiger partial charge on any atom is -0.384 e. The molecule has 1 aliphatic rings. The van der Waals surface area contributed by atoms with Gasteiger partial charge in [0, 0.05) is 36.4 Å². The highest BCUT2D eigenvalue weighted by Gasteiger charge is 2.28. The molecule has 5 nitrogen and oxygen atoms in total. The predicted molar refractivity (Wildman–Crippen MR) is 94.2 cm³/mol. The van der Waals surface area contributed by atoms with E-state index in [0.29, 0.717) is 19.0 Å². The van der Waals surface area contributed by atoms with Crippen molar-refractivity contribution in [3.8, 4) is 0 Å². The van der Waals surface area contributed by atoms with E-state index < -0.39 is 10.0 Å². The molecule has 1 fully saturated rings. The Kier molecular flexibility index (Phi) is 4.29. The Balaban J connectivity index is 1.79. The van der Waals surface area contributed by atoms with E-state index in [2.05, 4.69) is 23.3 Å². The van der Waals surface area contributed by atoms with Crippen LogP contribution in [-0.4, -0.2) is 43.6 Å². The Hall–Kier alpha value is -1.66. The molecule has 0 saturated carbocycles. The summed E-state index contributed by atoms with van der Waals surface area (Å²) in [5.41, 5.74) is 4.28. The zero-order valence-electron chi connectivity index (χ0n) is 13.8. The van der Waals surface area contributed by atoms with Crippen LogP contribution in [0.2, 0.25) is 0 Å². The highest BCUT2D eigenvalue weighted by atomic mass is 32.2. The Labute approximate surface area is 137 Å². The second kappa shape index (κ2) is 6.09. The zero-order valence-corrected chi connectivity index (χ0v) is 14.7. The van der Waals surface area contributed by atoms with Gasteiger partial charge in [0.05, 0.1) is 11.8 Å². The van der Waals surface area contributed by atoms with Gasteiger partial charge in [0.15, 0.2) is 0 Å². The summed E-state index contributed by atoms with van der Waals surface area (Å²) in [6, 6.07) is 8.11. The van der Waals surface area contributed by atoms with Gasteiger partial charge in [0.1, 0.15) is 0 Å². The Morgan fingerprint density at radius 3 is 2.74 bits per heavy atom. The van der Waals surface area contributed by atoms with E-state index in [-0.39, 0.29) is 0 Å². The van der Waals surface area contributed by atoms with Crippen LogP contribution < -0.4 is 5.32 Å². The number of anilines is 1. The number of para-hydroxylation sites is 1. The summed E-state index contributed by atoms with van der Waals surface area (Å²) in [5.74, 6) is 0.344. The van der Waals surface area contributed by atoms with Crippen molar-refractivity contribution in [1.29, 1.82) is 0 Å². The first-order chi connectivity index (χ1) is 10.9. The van der Waals surface area contributed by atoms with Crippen LogP contribution in [0.5, 0.6) is 0 Å². The predicted octanol–water partition coefficient (Wildman–Crippen LogP) is 2.55. The summed E-state index contributed by atoms with van der Waals surface area (Å²) < 4.78 is 24.8. The Morgan fingerprint density at radius 2 is 2.04 bits per heavy atom. The first kappa shape index (κ1) is 16.2. The molecule has 6 heteroatoms. The average Bonchev–Trinajstić information content (AvgIpc) is 2.97. The van der Waals surface area contributed by atoms with Crippen LogP contribution in [0.1, 0.15) is 17.7 Å². The van der Waals surface area contributed by atoms with Crippen LogP contribution in [0.15, 0.2) is 24.3 Å². The van der Waals surface area contributed by atoms with Gasteiger partial charge in [-0.1, -0.05) is 18.2 Å². The number of hydrogen-bond donors (Lipinski definition) is 1. The molecule has 0 amide bonds. The number of pyridine rings is 1. The van der Waals surface area contributed by atoms with Gasteiger partial charge in [-0.25, -0.2) is 12.7 Å². The highest BCUT2D eigenvalue weighted by molar-refractivity contribution is 7.88. The van der Waals surface area contributed by atoms with Crippen molar-refractivity contribution >= 4 is 26.6 Å².